The molecule has 0 radical (unpaired) electrons. The maximum absolute atomic E-state index is 12.3. The molecule has 4 aliphatic rings. The van der Waals surface area contributed by atoms with E-state index in [0.717, 1.165) is 36.2 Å². The summed E-state index contributed by atoms with van der Waals surface area (Å²) in [5, 5.41) is 12.3. The number of ether oxygens (including phenoxy) is 1. The molecule has 5 heteroatoms. The lowest BCUT2D eigenvalue weighted by Crippen LogP contribution is -2.52. The summed E-state index contributed by atoms with van der Waals surface area (Å²) in [7, 11) is 0. The molecule has 0 aromatic carbocycles. The van der Waals surface area contributed by atoms with Gasteiger partial charge in [-0.1, -0.05) is 53.9 Å². The minimum Gasteiger partial charge on any atom is -0.462 e. The second-order valence-corrected chi connectivity index (χ2v) is 13.2. The van der Waals surface area contributed by atoms with E-state index >= 15 is 0 Å². The number of hydrogen-bond acceptors (Lipinski definition) is 4. The van der Waals surface area contributed by atoms with E-state index < -0.39 is 0 Å². The maximum Gasteiger partial charge on any atom is 0.302 e. The Morgan fingerprint density at radius 2 is 1.79 bits per heavy atom. The first-order chi connectivity index (χ1) is 16.0. The number of hydrogen-bond donors (Lipinski definition) is 0. The Hall–Kier alpha value is -1.39. The average Bonchev–Trinajstić information content (AvgIpc) is 3.10. The maximum atomic E-state index is 12.3. The zero-order valence-electron chi connectivity index (χ0n) is 22.4. The van der Waals surface area contributed by atoms with Gasteiger partial charge >= 0.3 is 5.97 Å². The van der Waals surface area contributed by atoms with E-state index in [1.54, 1.807) is 0 Å². The third-order valence-corrected chi connectivity index (χ3v) is 10.9. The molecule has 0 amide bonds. The minimum atomic E-state index is -0.279. The second kappa shape index (κ2) is 9.58. The van der Waals surface area contributed by atoms with Gasteiger partial charge in [-0.15, -0.1) is 0 Å². The van der Waals surface area contributed by atoms with E-state index in [-0.39, 0.29) is 22.4 Å². The second-order valence-electron chi connectivity index (χ2n) is 13.2. The van der Waals surface area contributed by atoms with Gasteiger partial charge in [0.05, 0.1) is 4.92 Å². The molecular weight excluding hydrogens is 426 g/mol. The number of carbonyl (C=O) groups excluding carboxylic acids is 1. The third kappa shape index (κ3) is 4.46. The van der Waals surface area contributed by atoms with Crippen molar-refractivity contribution in [2.45, 2.75) is 118 Å². The van der Waals surface area contributed by atoms with Gasteiger partial charge in [-0.3, -0.25) is 14.9 Å². The van der Waals surface area contributed by atoms with Crippen molar-refractivity contribution in [3.63, 3.8) is 0 Å². The number of nitrogens with zero attached hydrogens (tertiary/aromatic N) is 1. The van der Waals surface area contributed by atoms with Crippen LogP contribution in [0.5, 0.6) is 0 Å². The molecule has 0 N–H and O–H groups in total. The van der Waals surface area contributed by atoms with Gasteiger partial charge in [-0.05, 0) is 84.9 Å². The van der Waals surface area contributed by atoms with Crippen LogP contribution in [0, 0.1) is 56.5 Å². The number of carbonyl (C=O) groups is 1. The summed E-state index contributed by atoms with van der Waals surface area (Å²) in [6.45, 7) is 13.4. The van der Waals surface area contributed by atoms with Crippen LogP contribution in [0.1, 0.15) is 112 Å². The standard InChI is InChI=1S/C29H47NO4/c1-18(2)8-7-9-19(3)23-10-11-24-22-17-27(30(32)33)26-16-21(34-20(4)31)12-14-29(26,6)25(22)13-15-28(23,24)5/h18-19,21-25H,7-17H2,1-6H3/t19-,21-,22+,23-,24-,25-,28-,29-/m1/s1. The van der Waals surface area contributed by atoms with Crippen LogP contribution >= 0.6 is 0 Å². The molecule has 0 spiro atoms. The molecule has 0 aromatic heterocycles. The molecule has 5 nitrogen and oxygen atoms in total. The third-order valence-electron chi connectivity index (χ3n) is 10.9. The summed E-state index contributed by atoms with van der Waals surface area (Å²) in [4.78, 5) is 23.8. The Labute approximate surface area is 206 Å². The van der Waals surface area contributed by atoms with Gasteiger partial charge < -0.3 is 4.74 Å². The Morgan fingerprint density at radius 3 is 2.44 bits per heavy atom. The topological polar surface area (TPSA) is 69.4 Å². The van der Waals surface area contributed by atoms with Gasteiger partial charge in [0.25, 0.3) is 0 Å². The fourth-order valence-corrected chi connectivity index (χ4v) is 9.29. The number of esters is 1. The van der Waals surface area contributed by atoms with Crippen LogP contribution < -0.4 is 0 Å². The van der Waals surface area contributed by atoms with Crippen LogP contribution in [-0.4, -0.2) is 17.0 Å². The first-order valence-corrected chi connectivity index (χ1v) is 14.0. The monoisotopic (exact) mass is 473 g/mol. The van der Waals surface area contributed by atoms with E-state index in [1.807, 2.05) is 0 Å². The normalized spacial score (nSPS) is 40.4. The van der Waals surface area contributed by atoms with E-state index in [0.29, 0.717) is 41.7 Å². The van der Waals surface area contributed by atoms with Crippen molar-refractivity contribution in [3.05, 3.63) is 21.4 Å². The molecule has 34 heavy (non-hydrogen) atoms. The van der Waals surface area contributed by atoms with Crippen molar-refractivity contribution in [1.29, 1.82) is 0 Å². The Bertz CT molecular complexity index is 834. The highest BCUT2D eigenvalue weighted by Gasteiger charge is 2.61. The first kappa shape index (κ1) is 25.7. The van der Waals surface area contributed by atoms with Gasteiger partial charge in [0.2, 0.25) is 5.70 Å². The summed E-state index contributed by atoms with van der Waals surface area (Å²) < 4.78 is 5.53. The molecule has 4 rings (SSSR count). The zero-order chi connectivity index (χ0) is 24.8. The van der Waals surface area contributed by atoms with Crippen LogP contribution in [0.25, 0.3) is 0 Å². The van der Waals surface area contributed by atoms with Crippen LogP contribution in [0.3, 0.4) is 0 Å². The molecular formula is C29H47NO4. The highest BCUT2D eigenvalue weighted by Crippen LogP contribution is 2.68. The predicted molar refractivity (Wildman–Crippen MR) is 135 cm³/mol. The van der Waals surface area contributed by atoms with Crippen molar-refractivity contribution in [2.75, 3.05) is 0 Å². The van der Waals surface area contributed by atoms with E-state index in [2.05, 4.69) is 34.6 Å². The van der Waals surface area contributed by atoms with Gasteiger partial charge in [0.1, 0.15) is 6.10 Å². The number of allylic oxidation sites excluding steroid dienone is 1. The fourth-order valence-electron chi connectivity index (χ4n) is 9.29. The van der Waals surface area contributed by atoms with Crippen molar-refractivity contribution in [3.8, 4) is 0 Å². The highest BCUT2D eigenvalue weighted by atomic mass is 16.6. The predicted octanol–water partition coefficient (Wildman–Crippen LogP) is 7.56. The van der Waals surface area contributed by atoms with Crippen molar-refractivity contribution in [1.82, 2.24) is 0 Å². The molecule has 3 fully saturated rings. The Morgan fingerprint density at radius 1 is 1.06 bits per heavy atom. The van der Waals surface area contributed by atoms with Crippen molar-refractivity contribution >= 4 is 5.97 Å². The van der Waals surface area contributed by atoms with Gasteiger partial charge in [0, 0.05) is 25.3 Å². The SMILES string of the molecule is CC(=O)O[C@@H]1CC[C@@]2(C)C(=C([N+](=O)[O-])C[C@H]3[C@H]4CC[C@H]([C@H](C)CCCC(C)C)[C@@]4(C)CC[C@H]32)C1. The molecule has 0 heterocycles. The summed E-state index contributed by atoms with van der Waals surface area (Å²) >= 11 is 0. The summed E-state index contributed by atoms with van der Waals surface area (Å²) in [6.07, 6.45) is 11.6. The van der Waals surface area contributed by atoms with Crippen LogP contribution in [0.2, 0.25) is 0 Å². The lowest BCUT2D eigenvalue weighted by atomic mass is 9.46. The first-order valence-electron chi connectivity index (χ1n) is 14.0. The lowest BCUT2D eigenvalue weighted by Gasteiger charge is -2.58. The van der Waals surface area contributed by atoms with Crippen molar-refractivity contribution < 1.29 is 14.5 Å². The van der Waals surface area contributed by atoms with E-state index in [1.165, 1.54) is 51.9 Å². The molecule has 0 bridgehead atoms. The summed E-state index contributed by atoms with van der Waals surface area (Å²) in [6, 6.07) is 0. The zero-order valence-corrected chi connectivity index (χ0v) is 22.4. The highest BCUT2D eigenvalue weighted by molar-refractivity contribution is 5.66. The van der Waals surface area contributed by atoms with E-state index in [4.69, 9.17) is 4.74 Å². The largest absolute Gasteiger partial charge is 0.462 e. The Kier molecular flexibility index (Phi) is 7.24. The molecule has 8 atom stereocenters. The van der Waals surface area contributed by atoms with Crippen molar-refractivity contribution in [2.24, 2.45) is 46.3 Å². The molecule has 0 aliphatic heterocycles. The van der Waals surface area contributed by atoms with E-state index in [9.17, 15) is 14.9 Å². The smallest absolute Gasteiger partial charge is 0.302 e. The molecule has 192 valence electrons. The summed E-state index contributed by atoms with van der Waals surface area (Å²) in [5.74, 6) is 3.53. The lowest BCUT2D eigenvalue weighted by molar-refractivity contribution is -0.434. The molecule has 3 saturated carbocycles. The van der Waals surface area contributed by atoms with Crippen LogP contribution in [0.15, 0.2) is 11.3 Å². The summed E-state index contributed by atoms with van der Waals surface area (Å²) in [5.41, 5.74) is 1.66. The van der Waals surface area contributed by atoms with Gasteiger partial charge in [0.15, 0.2) is 0 Å². The molecule has 4 aliphatic carbocycles. The average molecular weight is 474 g/mol. The minimum absolute atomic E-state index is 0.0904. The number of rotatable bonds is 7. The van der Waals surface area contributed by atoms with Crippen LogP contribution in [0.4, 0.5) is 0 Å². The molecule has 0 saturated heterocycles. The van der Waals surface area contributed by atoms with Crippen LogP contribution in [-0.2, 0) is 9.53 Å². The molecule has 0 unspecified atom stereocenters. The quantitative estimate of drug-likeness (QED) is 0.217. The molecule has 0 aromatic rings. The Balaban J connectivity index is 1.58. The number of nitro groups is 1. The van der Waals surface area contributed by atoms with Gasteiger partial charge in [-0.2, -0.15) is 0 Å². The van der Waals surface area contributed by atoms with Gasteiger partial charge in [-0.25, -0.2) is 0 Å². The number of fused-ring (bicyclic) bond motifs is 5. The fraction of sp³-hybridized carbons (Fsp3) is 0.897.